The highest BCUT2D eigenvalue weighted by Gasteiger charge is 2.19. The average Bonchev–Trinajstić information content (AvgIpc) is 3.38. The molecule has 2 heterocycles. The number of rotatable bonds is 7. The second-order valence-corrected chi connectivity index (χ2v) is 7.60. The van der Waals surface area contributed by atoms with E-state index in [4.69, 9.17) is 16.3 Å². The molecule has 0 aliphatic carbocycles. The van der Waals surface area contributed by atoms with Crippen LogP contribution in [-0.4, -0.2) is 35.4 Å². The lowest BCUT2D eigenvalue weighted by atomic mass is 10.3. The van der Waals surface area contributed by atoms with Gasteiger partial charge in [-0.3, -0.25) is 5.10 Å². The summed E-state index contributed by atoms with van der Waals surface area (Å²) in [6.45, 7) is 2.29. The first-order valence-corrected chi connectivity index (χ1v) is 9.75. The second kappa shape index (κ2) is 8.41. The molecule has 0 fully saturated rings. The predicted molar refractivity (Wildman–Crippen MR) is 106 cm³/mol. The number of nitrogens with zero attached hydrogens (tertiary/aromatic N) is 6. The summed E-state index contributed by atoms with van der Waals surface area (Å²) in [5.74, 6) is 2.07. The summed E-state index contributed by atoms with van der Waals surface area (Å²) < 4.78 is 7.39. The smallest absolute Gasteiger partial charge is 0.209 e. The van der Waals surface area contributed by atoms with E-state index in [2.05, 4.69) is 30.7 Å². The molecule has 4 rings (SSSR count). The number of hydrogen-bond acceptors (Lipinski definition) is 7. The number of halogens is 1. The van der Waals surface area contributed by atoms with Crippen molar-refractivity contribution in [2.24, 2.45) is 0 Å². The molecule has 0 bridgehead atoms. The lowest BCUT2D eigenvalue weighted by Crippen LogP contribution is -2.05. The van der Waals surface area contributed by atoms with Gasteiger partial charge in [0, 0.05) is 5.02 Å². The zero-order valence-electron chi connectivity index (χ0n) is 14.9. The molecular weight excluding hydrogens is 398 g/mol. The van der Waals surface area contributed by atoms with Gasteiger partial charge in [-0.2, -0.15) is 4.68 Å². The standard InChI is InChI=1S/C18H16ClN7OS/c1-12(17-22-24-25-26(17)14-5-3-2-4-6-14)28-18-20-16(21-23-18)11-27-15-9-7-13(19)8-10-15/h2-10,12H,11H2,1H3,(H,20,21,23). The van der Waals surface area contributed by atoms with E-state index in [1.807, 2.05) is 37.3 Å². The average molecular weight is 414 g/mol. The summed E-state index contributed by atoms with van der Waals surface area (Å²) >= 11 is 7.34. The Labute approximate surface area is 170 Å². The fraction of sp³-hybridized carbons (Fsp3) is 0.167. The number of tetrazole rings is 1. The molecule has 2 aromatic carbocycles. The summed E-state index contributed by atoms with van der Waals surface area (Å²) in [7, 11) is 0. The highest BCUT2D eigenvalue weighted by molar-refractivity contribution is 7.99. The van der Waals surface area contributed by atoms with Gasteiger partial charge in [-0.05, 0) is 53.7 Å². The molecule has 0 amide bonds. The van der Waals surface area contributed by atoms with Crippen molar-refractivity contribution in [3.05, 3.63) is 71.3 Å². The summed E-state index contributed by atoms with van der Waals surface area (Å²) in [6, 6.07) is 16.9. The van der Waals surface area contributed by atoms with Crippen LogP contribution in [0.4, 0.5) is 0 Å². The molecule has 0 aliphatic heterocycles. The minimum atomic E-state index is -0.0453. The molecule has 10 heteroatoms. The quantitative estimate of drug-likeness (QED) is 0.459. The van der Waals surface area contributed by atoms with Crippen molar-refractivity contribution >= 4 is 23.4 Å². The number of thioether (sulfide) groups is 1. The fourth-order valence-corrected chi connectivity index (χ4v) is 3.44. The summed E-state index contributed by atoms with van der Waals surface area (Å²) in [5, 5.41) is 20.4. The van der Waals surface area contributed by atoms with Crippen molar-refractivity contribution in [1.29, 1.82) is 0 Å². The molecular formula is C18H16ClN7OS. The van der Waals surface area contributed by atoms with Crippen molar-refractivity contribution in [2.75, 3.05) is 0 Å². The first-order chi connectivity index (χ1) is 13.7. The third-order valence-corrected chi connectivity index (χ3v) is 5.05. The van der Waals surface area contributed by atoms with Crippen molar-refractivity contribution < 1.29 is 4.74 Å². The predicted octanol–water partition coefficient (Wildman–Crippen LogP) is 3.87. The molecule has 28 heavy (non-hydrogen) atoms. The van der Waals surface area contributed by atoms with E-state index >= 15 is 0 Å². The first kappa shape index (κ1) is 18.5. The minimum absolute atomic E-state index is 0.0453. The van der Waals surface area contributed by atoms with E-state index < -0.39 is 0 Å². The molecule has 0 saturated carbocycles. The Morgan fingerprint density at radius 3 is 2.71 bits per heavy atom. The Morgan fingerprint density at radius 2 is 1.93 bits per heavy atom. The number of ether oxygens (including phenoxy) is 1. The minimum Gasteiger partial charge on any atom is -0.486 e. The van der Waals surface area contributed by atoms with Gasteiger partial charge in [0.1, 0.15) is 12.4 Å². The van der Waals surface area contributed by atoms with Gasteiger partial charge in [-0.1, -0.05) is 41.6 Å². The molecule has 142 valence electrons. The first-order valence-electron chi connectivity index (χ1n) is 8.49. The van der Waals surface area contributed by atoms with Gasteiger partial charge in [0.05, 0.1) is 10.9 Å². The van der Waals surface area contributed by atoms with E-state index in [0.29, 0.717) is 21.8 Å². The summed E-state index contributed by atoms with van der Waals surface area (Å²) in [6.07, 6.45) is 0. The molecule has 1 unspecified atom stereocenters. The SMILES string of the molecule is CC(Sc1n[nH]c(COc2ccc(Cl)cc2)n1)c1nnnn1-c1ccccc1. The van der Waals surface area contributed by atoms with Crippen molar-refractivity contribution in [1.82, 2.24) is 35.4 Å². The van der Waals surface area contributed by atoms with Crippen LogP contribution in [0.3, 0.4) is 0 Å². The fourth-order valence-electron chi connectivity index (χ4n) is 2.49. The topological polar surface area (TPSA) is 94.4 Å². The number of aromatic nitrogens is 7. The molecule has 8 nitrogen and oxygen atoms in total. The Balaban J connectivity index is 1.40. The molecule has 1 atom stereocenters. The zero-order chi connectivity index (χ0) is 19.3. The molecule has 0 spiro atoms. The van der Waals surface area contributed by atoms with Crippen LogP contribution in [0, 0.1) is 0 Å². The van der Waals surface area contributed by atoms with Gasteiger partial charge in [0.2, 0.25) is 5.16 Å². The molecule has 0 saturated heterocycles. The van der Waals surface area contributed by atoms with Crippen molar-refractivity contribution in [3.63, 3.8) is 0 Å². The van der Waals surface area contributed by atoms with E-state index in [1.165, 1.54) is 11.8 Å². The highest BCUT2D eigenvalue weighted by Crippen LogP contribution is 2.32. The van der Waals surface area contributed by atoms with Crippen LogP contribution in [-0.2, 0) is 6.61 Å². The van der Waals surface area contributed by atoms with Gasteiger partial charge >= 0.3 is 0 Å². The maximum absolute atomic E-state index is 5.87. The van der Waals surface area contributed by atoms with Crippen LogP contribution in [0.25, 0.3) is 5.69 Å². The number of hydrogen-bond donors (Lipinski definition) is 1. The van der Waals surface area contributed by atoms with Crippen molar-refractivity contribution in [3.8, 4) is 11.4 Å². The molecule has 0 radical (unpaired) electrons. The number of para-hydroxylation sites is 1. The summed E-state index contributed by atoms with van der Waals surface area (Å²) in [5.41, 5.74) is 0.905. The number of H-pyrrole nitrogens is 1. The van der Waals surface area contributed by atoms with Gasteiger partial charge in [-0.15, -0.1) is 10.2 Å². The normalized spacial score (nSPS) is 12.1. The van der Waals surface area contributed by atoms with Gasteiger partial charge in [0.15, 0.2) is 11.6 Å². The Kier molecular flexibility index (Phi) is 5.54. The van der Waals surface area contributed by atoms with Crippen LogP contribution < -0.4 is 4.74 Å². The number of aromatic amines is 1. The van der Waals surface area contributed by atoms with Crippen LogP contribution >= 0.6 is 23.4 Å². The third kappa shape index (κ3) is 4.32. The van der Waals surface area contributed by atoms with Gasteiger partial charge in [0.25, 0.3) is 0 Å². The molecule has 0 aliphatic rings. The maximum atomic E-state index is 5.87. The zero-order valence-corrected chi connectivity index (χ0v) is 16.4. The highest BCUT2D eigenvalue weighted by atomic mass is 35.5. The van der Waals surface area contributed by atoms with Gasteiger partial charge in [-0.25, -0.2) is 4.98 Å². The van der Waals surface area contributed by atoms with E-state index in [-0.39, 0.29) is 11.9 Å². The van der Waals surface area contributed by atoms with E-state index in [0.717, 1.165) is 11.5 Å². The number of nitrogens with one attached hydrogen (secondary N) is 1. The van der Waals surface area contributed by atoms with Crippen LogP contribution in [0.15, 0.2) is 59.8 Å². The van der Waals surface area contributed by atoms with E-state index in [9.17, 15) is 0 Å². The lowest BCUT2D eigenvalue weighted by Gasteiger charge is -2.09. The molecule has 1 N–H and O–H groups in total. The monoisotopic (exact) mass is 413 g/mol. The van der Waals surface area contributed by atoms with Crippen LogP contribution in [0.5, 0.6) is 5.75 Å². The Morgan fingerprint density at radius 1 is 1.14 bits per heavy atom. The van der Waals surface area contributed by atoms with Crippen molar-refractivity contribution in [2.45, 2.75) is 23.9 Å². The number of benzene rings is 2. The molecule has 4 aromatic rings. The lowest BCUT2D eigenvalue weighted by molar-refractivity contribution is 0.296. The maximum Gasteiger partial charge on any atom is 0.209 e. The van der Waals surface area contributed by atoms with Gasteiger partial charge < -0.3 is 4.74 Å². The van der Waals surface area contributed by atoms with Crippen LogP contribution in [0.2, 0.25) is 5.02 Å². The Bertz CT molecular complexity index is 1040. The largest absolute Gasteiger partial charge is 0.486 e. The Hall–Kier alpha value is -2.91. The summed E-state index contributed by atoms with van der Waals surface area (Å²) in [4.78, 5) is 4.46. The molecule has 2 aromatic heterocycles. The second-order valence-electron chi connectivity index (χ2n) is 5.85. The van der Waals surface area contributed by atoms with E-state index in [1.54, 1.807) is 28.9 Å². The van der Waals surface area contributed by atoms with Crippen LogP contribution in [0.1, 0.15) is 23.8 Å². The third-order valence-electron chi connectivity index (χ3n) is 3.84.